The molecule has 0 saturated carbocycles. The molecule has 1 N–H and O–H groups in total. The van der Waals surface area contributed by atoms with Gasteiger partial charge in [-0.2, -0.15) is 0 Å². The van der Waals surface area contributed by atoms with Gasteiger partial charge in [-0.3, -0.25) is 0 Å². The van der Waals surface area contributed by atoms with E-state index in [1.165, 1.54) is 0 Å². The maximum absolute atomic E-state index is 12.2. The minimum atomic E-state index is 0.0550. The normalized spacial score (nSPS) is 23.1. The standard InChI is InChI=1S/C14H22N4O2S/c19-13(16-10-12-2-1-8-20-11-12)17-4-6-18(7-5-17)14-15-3-9-21-14/h3,9,12H,1-2,4-8,10-11H2,(H,16,19)/t12-/m0/s1. The van der Waals surface area contributed by atoms with Crippen LogP contribution in [0.4, 0.5) is 9.93 Å². The quantitative estimate of drug-likeness (QED) is 0.917. The number of carbonyl (C=O) groups is 1. The summed E-state index contributed by atoms with van der Waals surface area (Å²) in [4.78, 5) is 20.6. The van der Waals surface area contributed by atoms with Crippen LogP contribution in [-0.2, 0) is 4.74 Å². The number of anilines is 1. The van der Waals surface area contributed by atoms with Crippen molar-refractivity contribution < 1.29 is 9.53 Å². The zero-order chi connectivity index (χ0) is 14.5. The first-order valence-electron chi connectivity index (χ1n) is 7.58. The highest BCUT2D eigenvalue weighted by Gasteiger charge is 2.23. The molecular formula is C14H22N4O2S. The van der Waals surface area contributed by atoms with Crippen LogP contribution in [0.2, 0.25) is 0 Å². The van der Waals surface area contributed by atoms with Crippen LogP contribution in [0.15, 0.2) is 11.6 Å². The van der Waals surface area contributed by atoms with Crippen LogP contribution in [0, 0.1) is 5.92 Å². The zero-order valence-electron chi connectivity index (χ0n) is 12.2. The van der Waals surface area contributed by atoms with Gasteiger partial charge in [-0.15, -0.1) is 11.3 Å². The first-order chi connectivity index (χ1) is 10.3. The number of nitrogens with zero attached hydrogens (tertiary/aromatic N) is 3. The molecule has 3 rings (SSSR count). The Hall–Kier alpha value is -1.34. The monoisotopic (exact) mass is 310 g/mol. The number of amides is 2. The Morgan fingerprint density at radius 3 is 2.95 bits per heavy atom. The van der Waals surface area contributed by atoms with E-state index in [-0.39, 0.29) is 6.03 Å². The van der Waals surface area contributed by atoms with Crippen molar-refractivity contribution in [3.05, 3.63) is 11.6 Å². The van der Waals surface area contributed by atoms with Crippen LogP contribution in [0.25, 0.3) is 0 Å². The summed E-state index contributed by atoms with van der Waals surface area (Å²) in [5.74, 6) is 0.472. The molecule has 1 atom stereocenters. The molecular weight excluding hydrogens is 288 g/mol. The largest absolute Gasteiger partial charge is 0.381 e. The van der Waals surface area contributed by atoms with Crippen LogP contribution in [0.3, 0.4) is 0 Å². The Kier molecular flexibility index (Phi) is 4.92. The number of rotatable bonds is 3. The Labute approximate surface area is 129 Å². The lowest BCUT2D eigenvalue weighted by Gasteiger charge is -2.35. The van der Waals surface area contributed by atoms with Gasteiger partial charge in [0.05, 0.1) is 6.61 Å². The van der Waals surface area contributed by atoms with Crippen molar-refractivity contribution >= 4 is 22.5 Å². The van der Waals surface area contributed by atoms with Gasteiger partial charge in [-0.25, -0.2) is 9.78 Å². The lowest BCUT2D eigenvalue weighted by Crippen LogP contribution is -2.52. The number of hydrogen-bond donors (Lipinski definition) is 1. The molecule has 0 spiro atoms. The number of aromatic nitrogens is 1. The molecule has 2 aliphatic heterocycles. The van der Waals surface area contributed by atoms with E-state index in [4.69, 9.17) is 4.74 Å². The predicted octanol–water partition coefficient (Wildman–Crippen LogP) is 1.40. The van der Waals surface area contributed by atoms with Gasteiger partial charge >= 0.3 is 6.03 Å². The summed E-state index contributed by atoms with van der Waals surface area (Å²) in [7, 11) is 0. The summed E-state index contributed by atoms with van der Waals surface area (Å²) >= 11 is 1.65. The molecule has 0 unspecified atom stereocenters. The van der Waals surface area contributed by atoms with Crippen LogP contribution in [-0.4, -0.2) is 61.9 Å². The van der Waals surface area contributed by atoms with E-state index in [1.54, 1.807) is 11.3 Å². The van der Waals surface area contributed by atoms with Crippen LogP contribution < -0.4 is 10.2 Å². The third-order valence-electron chi connectivity index (χ3n) is 4.05. The Balaban J connectivity index is 1.40. The van der Waals surface area contributed by atoms with Gasteiger partial charge in [0.15, 0.2) is 5.13 Å². The van der Waals surface area contributed by atoms with Crippen LogP contribution >= 0.6 is 11.3 Å². The van der Waals surface area contributed by atoms with Crippen molar-refractivity contribution in [2.75, 3.05) is 50.8 Å². The van der Waals surface area contributed by atoms with Crippen molar-refractivity contribution in [1.29, 1.82) is 0 Å². The molecule has 0 radical (unpaired) electrons. The highest BCUT2D eigenvalue weighted by molar-refractivity contribution is 7.13. The second kappa shape index (κ2) is 7.09. The average Bonchev–Trinajstić information content (AvgIpc) is 3.08. The topological polar surface area (TPSA) is 57.7 Å². The number of hydrogen-bond acceptors (Lipinski definition) is 5. The summed E-state index contributed by atoms with van der Waals surface area (Å²) in [6.45, 7) is 5.59. The van der Waals surface area contributed by atoms with Crippen LogP contribution in [0.1, 0.15) is 12.8 Å². The second-order valence-corrected chi connectivity index (χ2v) is 6.43. The van der Waals surface area contributed by atoms with Crippen LogP contribution in [0.5, 0.6) is 0 Å². The van der Waals surface area contributed by atoms with Crippen molar-refractivity contribution in [2.24, 2.45) is 5.92 Å². The minimum Gasteiger partial charge on any atom is -0.381 e. The Morgan fingerprint density at radius 2 is 2.29 bits per heavy atom. The lowest BCUT2D eigenvalue weighted by molar-refractivity contribution is 0.0551. The molecule has 2 aliphatic rings. The molecule has 0 aliphatic carbocycles. The maximum atomic E-state index is 12.2. The first-order valence-corrected chi connectivity index (χ1v) is 8.46. The molecule has 2 fully saturated rings. The number of nitrogens with one attached hydrogen (secondary N) is 1. The summed E-state index contributed by atoms with van der Waals surface area (Å²) in [5.41, 5.74) is 0. The highest BCUT2D eigenvalue weighted by atomic mass is 32.1. The van der Waals surface area contributed by atoms with Gasteiger partial charge in [-0.1, -0.05) is 0 Å². The average molecular weight is 310 g/mol. The summed E-state index contributed by atoms with van der Waals surface area (Å²) in [6.07, 6.45) is 4.08. The molecule has 116 valence electrons. The number of urea groups is 1. The summed E-state index contributed by atoms with van der Waals surface area (Å²) < 4.78 is 5.44. The van der Waals surface area contributed by atoms with Crippen molar-refractivity contribution in [3.63, 3.8) is 0 Å². The number of thiazole rings is 1. The predicted molar refractivity (Wildman–Crippen MR) is 82.8 cm³/mol. The zero-order valence-corrected chi connectivity index (χ0v) is 13.0. The molecule has 0 bridgehead atoms. The molecule has 1 aromatic rings. The van der Waals surface area contributed by atoms with E-state index >= 15 is 0 Å². The van der Waals surface area contributed by atoms with Gasteiger partial charge in [0.1, 0.15) is 0 Å². The molecule has 7 heteroatoms. The lowest BCUT2D eigenvalue weighted by atomic mass is 10.0. The molecule has 3 heterocycles. The van der Waals surface area contributed by atoms with Crippen molar-refractivity contribution in [1.82, 2.24) is 15.2 Å². The van der Waals surface area contributed by atoms with Crippen molar-refractivity contribution in [3.8, 4) is 0 Å². The summed E-state index contributed by atoms with van der Waals surface area (Å²) in [6, 6.07) is 0.0550. The number of ether oxygens (including phenoxy) is 1. The van der Waals surface area contributed by atoms with E-state index in [2.05, 4.69) is 15.2 Å². The molecule has 0 aromatic carbocycles. The molecule has 21 heavy (non-hydrogen) atoms. The SMILES string of the molecule is O=C(NC[C@@H]1CCCOC1)N1CCN(c2nccs2)CC1. The third-order valence-corrected chi connectivity index (χ3v) is 4.89. The van der Waals surface area contributed by atoms with Gasteiger partial charge < -0.3 is 19.9 Å². The van der Waals surface area contributed by atoms with E-state index < -0.39 is 0 Å². The van der Waals surface area contributed by atoms with E-state index in [0.29, 0.717) is 5.92 Å². The molecule has 1 aromatic heterocycles. The fraction of sp³-hybridized carbons (Fsp3) is 0.714. The Bertz CT molecular complexity index is 440. The van der Waals surface area contributed by atoms with E-state index in [1.807, 2.05) is 16.5 Å². The molecule has 2 saturated heterocycles. The van der Waals surface area contributed by atoms with E-state index in [9.17, 15) is 4.79 Å². The van der Waals surface area contributed by atoms with Gasteiger partial charge in [0.2, 0.25) is 0 Å². The fourth-order valence-corrected chi connectivity index (χ4v) is 3.48. The fourth-order valence-electron chi connectivity index (χ4n) is 2.78. The Morgan fingerprint density at radius 1 is 1.43 bits per heavy atom. The van der Waals surface area contributed by atoms with Gasteiger partial charge in [-0.05, 0) is 18.8 Å². The summed E-state index contributed by atoms with van der Waals surface area (Å²) in [5, 5.41) is 6.08. The number of carbonyl (C=O) groups excluding carboxylic acids is 1. The first kappa shape index (κ1) is 14.6. The second-order valence-electron chi connectivity index (χ2n) is 5.56. The maximum Gasteiger partial charge on any atom is 0.317 e. The van der Waals surface area contributed by atoms with Crippen molar-refractivity contribution in [2.45, 2.75) is 12.8 Å². The van der Waals surface area contributed by atoms with Gasteiger partial charge in [0.25, 0.3) is 0 Å². The highest BCUT2D eigenvalue weighted by Crippen LogP contribution is 2.19. The number of piperazine rings is 1. The molecule has 2 amide bonds. The minimum absolute atomic E-state index is 0.0550. The molecule has 6 nitrogen and oxygen atoms in total. The smallest absolute Gasteiger partial charge is 0.317 e. The third kappa shape index (κ3) is 3.85. The van der Waals surface area contributed by atoms with Gasteiger partial charge in [0, 0.05) is 50.9 Å². The van der Waals surface area contributed by atoms with E-state index in [0.717, 1.165) is 63.9 Å².